The number of hydrazone groups is 1. The molecule has 1 heterocycles. The van der Waals surface area contributed by atoms with Gasteiger partial charge in [0.2, 0.25) is 0 Å². The van der Waals surface area contributed by atoms with E-state index in [4.69, 9.17) is 25.5 Å². The molecule has 1 N–H and O–H groups in total. The van der Waals surface area contributed by atoms with Crippen LogP contribution in [0.2, 0.25) is 5.02 Å². The Morgan fingerprint density at radius 3 is 2.79 bits per heavy atom. The molecular formula is C21H19ClN2O4. The van der Waals surface area contributed by atoms with Crippen molar-refractivity contribution in [2.45, 2.75) is 6.54 Å². The van der Waals surface area contributed by atoms with Crippen molar-refractivity contribution < 1.29 is 18.7 Å². The van der Waals surface area contributed by atoms with Gasteiger partial charge in [-0.2, -0.15) is 5.10 Å². The first-order valence-corrected chi connectivity index (χ1v) is 8.86. The van der Waals surface area contributed by atoms with Crippen LogP contribution < -0.4 is 10.2 Å². The maximum atomic E-state index is 11.8. The zero-order valence-corrected chi connectivity index (χ0v) is 16.2. The van der Waals surface area contributed by atoms with Crippen LogP contribution in [0.1, 0.15) is 21.7 Å². The minimum absolute atomic E-state index is 0.284. The van der Waals surface area contributed by atoms with Crippen molar-refractivity contribution in [2.75, 3.05) is 14.2 Å². The normalized spacial score (nSPS) is 10.8. The number of furan rings is 1. The van der Waals surface area contributed by atoms with Gasteiger partial charge in [0.25, 0.3) is 0 Å². The molecule has 0 atom stereocenters. The first-order valence-electron chi connectivity index (χ1n) is 8.48. The number of rotatable bonds is 7. The van der Waals surface area contributed by atoms with Crippen LogP contribution in [-0.4, -0.2) is 26.4 Å². The zero-order valence-electron chi connectivity index (χ0n) is 15.4. The Bertz CT molecular complexity index is 998. The highest BCUT2D eigenvalue weighted by molar-refractivity contribution is 6.33. The predicted molar refractivity (Wildman–Crippen MR) is 108 cm³/mol. The second kappa shape index (κ2) is 9.10. The lowest BCUT2D eigenvalue weighted by atomic mass is 10.1. The summed E-state index contributed by atoms with van der Waals surface area (Å²) < 4.78 is 15.8. The van der Waals surface area contributed by atoms with Crippen LogP contribution in [0, 0.1) is 0 Å². The molecule has 3 rings (SSSR count). The summed E-state index contributed by atoms with van der Waals surface area (Å²) in [4.78, 5) is 11.8. The van der Waals surface area contributed by atoms with E-state index in [1.807, 2.05) is 24.3 Å². The predicted octanol–water partition coefficient (Wildman–Crippen LogP) is 4.52. The number of halogens is 1. The van der Waals surface area contributed by atoms with E-state index in [0.717, 1.165) is 11.3 Å². The average molecular weight is 399 g/mol. The number of hydrogen-bond donors (Lipinski definition) is 1. The first kappa shape index (κ1) is 19.5. The monoisotopic (exact) mass is 398 g/mol. The summed E-state index contributed by atoms with van der Waals surface area (Å²) >= 11 is 6.05. The molecule has 0 amide bonds. The van der Waals surface area contributed by atoms with Crippen LogP contribution in [0.4, 0.5) is 0 Å². The maximum absolute atomic E-state index is 11.8. The summed E-state index contributed by atoms with van der Waals surface area (Å²) in [5, 5.41) is 4.50. The highest BCUT2D eigenvalue weighted by Gasteiger charge is 2.13. The average Bonchev–Trinajstić information content (AvgIpc) is 3.20. The molecule has 6 nitrogen and oxygen atoms in total. The Kier molecular flexibility index (Phi) is 6.34. The molecule has 0 fully saturated rings. The smallest absolute Gasteiger partial charge is 0.339 e. The Morgan fingerprint density at radius 1 is 1.18 bits per heavy atom. The molecule has 0 aliphatic rings. The van der Waals surface area contributed by atoms with Gasteiger partial charge in [-0.1, -0.05) is 29.8 Å². The number of carbonyl (C=O) groups excluding carboxylic acids is 1. The molecule has 1 aromatic heterocycles. The van der Waals surface area contributed by atoms with E-state index in [-0.39, 0.29) is 5.56 Å². The van der Waals surface area contributed by atoms with Crippen LogP contribution in [0.3, 0.4) is 0 Å². The van der Waals surface area contributed by atoms with Crippen molar-refractivity contribution in [3.8, 4) is 17.1 Å². The van der Waals surface area contributed by atoms with Gasteiger partial charge in [0, 0.05) is 11.1 Å². The fourth-order valence-corrected chi connectivity index (χ4v) is 2.81. The summed E-state index contributed by atoms with van der Waals surface area (Å²) in [5.41, 5.74) is 4.96. The SMILES string of the molecule is COC(=O)c1cc(-c2ccc(/C=N\NCc3ccccc3OC)o2)ccc1Cl. The first-order chi connectivity index (χ1) is 13.6. The van der Waals surface area contributed by atoms with Crippen molar-refractivity contribution in [1.29, 1.82) is 0 Å². The van der Waals surface area contributed by atoms with E-state index >= 15 is 0 Å². The fourth-order valence-electron chi connectivity index (χ4n) is 2.61. The van der Waals surface area contributed by atoms with Crippen molar-refractivity contribution in [3.05, 3.63) is 76.5 Å². The van der Waals surface area contributed by atoms with E-state index in [2.05, 4.69) is 10.5 Å². The van der Waals surface area contributed by atoms with Crippen molar-refractivity contribution in [2.24, 2.45) is 5.10 Å². The topological polar surface area (TPSA) is 73.1 Å². The number of benzene rings is 2. The summed E-state index contributed by atoms with van der Waals surface area (Å²) in [5.74, 6) is 1.46. The number of carbonyl (C=O) groups is 1. The lowest BCUT2D eigenvalue weighted by molar-refractivity contribution is 0.0601. The lowest BCUT2D eigenvalue weighted by Crippen LogP contribution is -2.06. The summed E-state index contributed by atoms with van der Waals surface area (Å²) in [6.07, 6.45) is 1.58. The van der Waals surface area contributed by atoms with Crippen LogP contribution in [-0.2, 0) is 11.3 Å². The van der Waals surface area contributed by atoms with Gasteiger partial charge in [-0.3, -0.25) is 0 Å². The number of nitrogens with one attached hydrogen (secondary N) is 1. The molecule has 0 bridgehead atoms. The van der Waals surface area contributed by atoms with Crippen molar-refractivity contribution in [1.82, 2.24) is 5.43 Å². The van der Waals surface area contributed by atoms with E-state index in [1.165, 1.54) is 7.11 Å². The number of methoxy groups -OCH3 is 2. The molecule has 0 aliphatic heterocycles. The van der Waals surface area contributed by atoms with E-state index in [9.17, 15) is 4.79 Å². The Hall–Kier alpha value is -3.25. The van der Waals surface area contributed by atoms with Crippen LogP contribution in [0.25, 0.3) is 11.3 Å². The number of hydrogen-bond acceptors (Lipinski definition) is 6. The molecule has 0 aliphatic carbocycles. The molecule has 28 heavy (non-hydrogen) atoms. The second-order valence-electron chi connectivity index (χ2n) is 5.79. The third-order valence-corrected chi connectivity index (χ3v) is 4.36. The third-order valence-electron chi connectivity index (χ3n) is 4.03. The number of esters is 1. The maximum Gasteiger partial charge on any atom is 0.339 e. The molecule has 0 saturated heterocycles. The number of para-hydroxylation sites is 1. The number of nitrogens with zero attached hydrogens (tertiary/aromatic N) is 1. The van der Waals surface area contributed by atoms with Gasteiger partial charge in [0.15, 0.2) is 0 Å². The molecule has 2 aromatic carbocycles. The molecule has 0 unspecified atom stereocenters. The van der Waals surface area contributed by atoms with Crippen LogP contribution in [0.5, 0.6) is 5.75 Å². The van der Waals surface area contributed by atoms with Gasteiger partial charge in [-0.05, 0) is 36.4 Å². The van der Waals surface area contributed by atoms with Gasteiger partial charge < -0.3 is 19.3 Å². The van der Waals surface area contributed by atoms with Gasteiger partial charge >= 0.3 is 5.97 Å². The van der Waals surface area contributed by atoms with Gasteiger partial charge in [-0.15, -0.1) is 0 Å². The Morgan fingerprint density at radius 2 is 2.00 bits per heavy atom. The Balaban J connectivity index is 1.67. The molecule has 0 radical (unpaired) electrons. The lowest BCUT2D eigenvalue weighted by Gasteiger charge is -2.06. The summed E-state index contributed by atoms with van der Waals surface area (Å²) in [7, 11) is 2.94. The van der Waals surface area contributed by atoms with Crippen molar-refractivity contribution in [3.63, 3.8) is 0 Å². The fraction of sp³-hybridized carbons (Fsp3) is 0.143. The van der Waals surface area contributed by atoms with E-state index < -0.39 is 5.97 Å². The second-order valence-corrected chi connectivity index (χ2v) is 6.20. The summed E-state index contributed by atoms with van der Waals surface area (Å²) in [6, 6.07) is 16.3. The quantitative estimate of drug-likeness (QED) is 0.360. The molecule has 0 spiro atoms. The summed E-state index contributed by atoms with van der Waals surface area (Å²) in [6.45, 7) is 0.522. The molecule has 3 aromatic rings. The minimum Gasteiger partial charge on any atom is -0.496 e. The highest BCUT2D eigenvalue weighted by Crippen LogP contribution is 2.27. The largest absolute Gasteiger partial charge is 0.496 e. The minimum atomic E-state index is -0.499. The number of ether oxygens (including phenoxy) is 2. The van der Waals surface area contributed by atoms with Gasteiger partial charge in [0.05, 0.1) is 37.6 Å². The van der Waals surface area contributed by atoms with Gasteiger partial charge in [-0.25, -0.2) is 4.79 Å². The third kappa shape index (κ3) is 4.53. The zero-order chi connectivity index (χ0) is 19.9. The van der Waals surface area contributed by atoms with Crippen molar-refractivity contribution >= 4 is 23.8 Å². The van der Waals surface area contributed by atoms with Gasteiger partial charge in [0.1, 0.15) is 17.3 Å². The molecule has 0 saturated carbocycles. The van der Waals surface area contributed by atoms with E-state index in [1.54, 1.807) is 43.7 Å². The molecular weight excluding hydrogens is 380 g/mol. The standard InChI is InChI=1S/C21H19ClN2O4/c1-26-19-6-4-3-5-15(19)12-23-24-13-16-8-10-20(28-16)14-7-9-18(22)17(11-14)21(25)27-2/h3-11,13,23H,12H2,1-2H3/b24-13-. The Labute approximate surface area is 167 Å². The van der Waals surface area contributed by atoms with Crippen LogP contribution >= 0.6 is 11.6 Å². The molecule has 7 heteroatoms. The van der Waals surface area contributed by atoms with Crippen LogP contribution in [0.15, 0.2) is 64.1 Å². The molecule has 144 valence electrons. The highest BCUT2D eigenvalue weighted by atomic mass is 35.5. The van der Waals surface area contributed by atoms with E-state index in [0.29, 0.717) is 28.7 Å².